The molecule has 0 spiro atoms. The highest BCUT2D eigenvalue weighted by molar-refractivity contribution is 6.04. The number of rotatable bonds is 7. The smallest absolute Gasteiger partial charge is 0.262 e. The number of hydrogen-bond acceptors (Lipinski definition) is 4. The van der Waals surface area contributed by atoms with Gasteiger partial charge in [-0.15, -0.1) is 0 Å². The molecule has 0 atom stereocenters. The molecular weight excluding hydrogens is 304 g/mol. The van der Waals surface area contributed by atoms with Crippen LogP contribution in [-0.4, -0.2) is 32.8 Å². The van der Waals surface area contributed by atoms with E-state index in [4.69, 9.17) is 9.47 Å². The first-order valence-corrected chi connectivity index (χ1v) is 7.74. The quantitative estimate of drug-likeness (QED) is 0.483. The molecule has 5 nitrogen and oxygen atoms in total. The largest absolute Gasteiger partial charge is 0.493 e. The number of fused-ring (bicyclic) bond motifs is 1. The molecule has 0 fully saturated rings. The van der Waals surface area contributed by atoms with Gasteiger partial charge in [-0.1, -0.05) is 30.3 Å². The van der Waals surface area contributed by atoms with Crippen LogP contribution < -0.4 is 10.1 Å². The fourth-order valence-electron chi connectivity index (χ4n) is 2.37. The van der Waals surface area contributed by atoms with E-state index < -0.39 is 5.91 Å². The van der Waals surface area contributed by atoms with Crippen LogP contribution in [-0.2, 0) is 9.53 Å². The molecule has 0 saturated carbocycles. The number of carbonyl (C=O) groups is 1. The van der Waals surface area contributed by atoms with Gasteiger partial charge in [0.2, 0.25) is 0 Å². The normalized spacial score (nSPS) is 11.1. The molecule has 2 aromatic rings. The molecule has 0 unspecified atom stereocenters. The fourth-order valence-corrected chi connectivity index (χ4v) is 2.37. The van der Waals surface area contributed by atoms with Gasteiger partial charge >= 0.3 is 0 Å². The van der Waals surface area contributed by atoms with Gasteiger partial charge < -0.3 is 14.8 Å². The SMILES string of the molecule is CCOc1ccc(/C=C(/C#N)C(=O)NCCOC)c2ccccc12. The zero-order valence-electron chi connectivity index (χ0n) is 13.8. The summed E-state index contributed by atoms with van der Waals surface area (Å²) in [6.45, 7) is 3.26. The van der Waals surface area contributed by atoms with Crippen molar-refractivity contribution >= 4 is 22.8 Å². The summed E-state index contributed by atoms with van der Waals surface area (Å²) in [6, 6.07) is 13.4. The highest BCUT2D eigenvalue weighted by Crippen LogP contribution is 2.29. The summed E-state index contributed by atoms with van der Waals surface area (Å²) in [5.74, 6) is 0.376. The van der Waals surface area contributed by atoms with Gasteiger partial charge in [-0.05, 0) is 30.0 Å². The van der Waals surface area contributed by atoms with Gasteiger partial charge in [-0.3, -0.25) is 4.79 Å². The molecular formula is C19H20N2O3. The Morgan fingerprint density at radius 1 is 1.25 bits per heavy atom. The Balaban J connectivity index is 2.39. The van der Waals surface area contributed by atoms with Crippen LogP contribution >= 0.6 is 0 Å². The maximum absolute atomic E-state index is 12.1. The average molecular weight is 324 g/mol. The summed E-state index contributed by atoms with van der Waals surface area (Å²) in [6.07, 6.45) is 1.60. The van der Waals surface area contributed by atoms with Crippen molar-refractivity contribution in [2.75, 3.05) is 26.9 Å². The number of nitriles is 1. The van der Waals surface area contributed by atoms with Gasteiger partial charge in [0.1, 0.15) is 17.4 Å². The Hall–Kier alpha value is -2.84. The van der Waals surface area contributed by atoms with Crippen molar-refractivity contribution in [1.29, 1.82) is 5.26 Å². The number of nitrogens with one attached hydrogen (secondary N) is 1. The molecule has 0 saturated heterocycles. The van der Waals surface area contributed by atoms with E-state index in [0.717, 1.165) is 22.1 Å². The lowest BCUT2D eigenvalue weighted by Crippen LogP contribution is -2.27. The summed E-state index contributed by atoms with van der Waals surface area (Å²) in [5, 5.41) is 13.8. The molecule has 1 N–H and O–H groups in total. The van der Waals surface area contributed by atoms with Crippen molar-refractivity contribution in [2.24, 2.45) is 0 Å². The highest BCUT2D eigenvalue weighted by atomic mass is 16.5. The Morgan fingerprint density at radius 2 is 2.00 bits per heavy atom. The minimum Gasteiger partial charge on any atom is -0.493 e. The van der Waals surface area contributed by atoms with Crippen molar-refractivity contribution in [1.82, 2.24) is 5.32 Å². The van der Waals surface area contributed by atoms with Gasteiger partial charge in [-0.25, -0.2) is 0 Å². The van der Waals surface area contributed by atoms with E-state index in [2.05, 4.69) is 5.32 Å². The van der Waals surface area contributed by atoms with Crippen LogP contribution in [0.15, 0.2) is 42.0 Å². The molecule has 1 amide bonds. The third-order valence-electron chi connectivity index (χ3n) is 3.47. The minimum absolute atomic E-state index is 0.0559. The van der Waals surface area contributed by atoms with Crippen LogP contribution in [0.1, 0.15) is 12.5 Å². The molecule has 0 radical (unpaired) electrons. The van der Waals surface area contributed by atoms with E-state index in [1.54, 1.807) is 13.2 Å². The predicted octanol–water partition coefficient (Wildman–Crippen LogP) is 2.91. The minimum atomic E-state index is -0.410. The molecule has 5 heteroatoms. The van der Waals surface area contributed by atoms with Crippen LogP contribution in [0, 0.1) is 11.3 Å². The van der Waals surface area contributed by atoms with Crippen LogP contribution in [0.25, 0.3) is 16.8 Å². The molecule has 0 aliphatic carbocycles. The zero-order valence-corrected chi connectivity index (χ0v) is 13.8. The molecule has 0 aliphatic heterocycles. The number of nitrogens with zero attached hydrogens (tertiary/aromatic N) is 1. The van der Waals surface area contributed by atoms with Crippen LogP contribution in [0.2, 0.25) is 0 Å². The van der Waals surface area contributed by atoms with Gasteiger partial charge in [0.25, 0.3) is 5.91 Å². The Morgan fingerprint density at radius 3 is 2.67 bits per heavy atom. The Kier molecular flexibility index (Phi) is 6.35. The van der Waals surface area contributed by atoms with Crippen molar-refractivity contribution in [3.05, 3.63) is 47.5 Å². The molecule has 0 bridgehead atoms. The average Bonchev–Trinajstić information content (AvgIpc) is 2.61. The van der Waals surface area contributed by atoms with Gasteiger partial charge in [0.05, 0.1) is 13.2 Å². The predicted molar refractivity (Wildman–Crippen MR) is 93.6 cm³/mol. The van der Waals surface area contributed by atoms with Gasteiger partial charge in [-0.2, -0.15) is 5.26 Å². The summed E-state index contributed by atoms with van der Waals surface area (Å²) in [4.78, 5) is 12.1. The van der Waals surface area contributed by atoms with Crippen LogP contribution in [0.4, 0.5) is 0 Å². The molecule has 2 rings (SSSR count). The summed E-state index contributed by atoms with van der Waals surface area (Å²) >= 11 is 0. The second kappa shape index (κ2) is 8.70. The molecule has 0 heterocycles. The number of hydrogen-bond donors (Lipinski definition) is 1. The first-order valence-electron chi connectivity index (χ1n) is 7.74. The van der Waals surface area contributed by atoms with Gasteiger partial charge in [0.15, 0.2) is 0 Å². The van der Waals surface area contributed by atoms with Crippen molar-refractivity contribution in [2.45, 2.75) is 6.92 Å². The number of methoxy groups -OCH3 is 1. The number of carbonyl (C=O) groups excluding carboxylic acids is 1. The monoisotopic (exact) mass is 324 g/mol. The van der Waals surface area contributed by atoms with E-state index in [0.29, 0.717) is 19.8 Å². The highest BCUT2D eigenvalue weighted by Gasteiger charge is 2.11. The van der Waals surface area contributed by atoms with Crippen LogP contribution in [0.5, 0.6) is 5.75 Å². The van der Waals surface area contributed by atoms with Gasteiger partial charge in [0, 0.05) is 19.0 Å². The van der Waals surface area contributed by atoms with Crippen molar-refractivity contribution in [3.8, 4) is 11.8 Å². The van der Waals surface area contributed by atoms with Crippen molar-refractivity contribution < 1.29 is 14.3 Å². The number of amides is 1. The standard InChI is InChI=1S/C19H20N2O3/c1-3-24-18-9-8-14(16-6-4-5-7-17(16)18)12-15(13-20)19(22)21-10-11-23-2/h4-9,12H,3,10-11H2,1-2H3,(H,21,22)/b15-12-. The first-order chi connectivity index (χ1) is 11.7. The van der Waals surface area contributed by atoms with Crippen LogP contribution in [0.3, 0.4) is 0 Å². The zero-order chi connectivity index (χ0) is 17.4. The van der Waals surface area contributed by atoms with Crippen molar-refractivity contribution in [3.63, 3.8) is 0 Å². The second-order valence-corrected chi connectivity index (χ2v) is 5.05. The lowest BCUT2D eigenvalue weighted by atomic mass is 10.0. The summed E-state index contributed by atoms with van der Waals surface area (Å²) in [5.41, 5.74) is 0.855. The topological polar surface area (TPSA) is 71.3 Å². The Bertz CT molecular complexity index is 791. The van der Waals surface area contributed by atoms with E-state index in [-0.39, 0.29) is 5.57 Å². The second-order valence-electron chi connectivity index (χ2n) is 5.05. The van der Waals surface area contributed by atoms with E-state index in [9.17, 15) is 10.1 Å². The molecule has 0 aromatic heterocycles. The fraction of sp³-hybridized carbons (Fsp3) is 0.263. The molecule has 24 heavy (non-hydrogen) atoms. The Labute approximate surface area is 141 Å². The molecule has 2 aromatic carbocycles. The first kappa shape index (κ1) is 17.5. The molecule has 124 valence electrons. The third kappa shape index (κ3) is 4.12. The summed E-state index contributed by atoms with van der Waals surface area (Å²) < 4.78 is 10.5. The maximum atomic E-state index is 12.1. The van der Waals surface area contributed by atoms with E-state index in [1.165, 1.54) is 0 Å². The number of ether oxygens (including phenoxy) is 2. The van der Waals surface area contributed by atoms with E-state index >= 15 is 0 Å². The lowest BCUT2D eigenvalue weighted by molar-refractivity contribution is -0.117. The maximum Gasteiger partial charge on any atom is 0.262 e. The van der Waals surface area contributed by atoms with E-state index in [1.807, 2.05) is 49.4 Å². The number of benzene rings is 2. The molecule has 0 aliphatic rings. The summed E-state index contributed by atoms with van der Waals surface area (Å²) in [7, 11) is 1.55. The lowest BCUT2D eigenvalue weighted by Gasteiger charge is -2.10. The third-order valence-corrected chi connectivity index (χ3v) is 3.47.